The van der Waals surface area contributed by atoms with Crippen molar-refractivity contribution in [1.29, 1.82) is 0 Å². The number of piperidine rings is 1. The van der Waals surface area contributed by atoms with Crippen molar-refractivity contribution >= 4 is 10.0 Å². The Balaban J connectivity index is 2.69. The highest BCUT2D eigenvalue weighted by molar-refractivity contribution is 7.90. The Morgan fingerprint density at radius 3 is 2.40 bits per heavy atom. The molecule has 0 aromatic heterocycles. The SMILES string of the molecule is CC1CCCCN1NS(=O)(=O)C(F)(F)F. The lowest BCUT2D eigenvalue weighted by atomic mass is 10.1. The van der Waals surface area contributed by atoms with Crippen molar-refractivity contribution in [3.8, 4) is 0 Å². The summed E-state index contributed by atoms with van der Waals surface area (Å²) < 4.78 is 57.7. The molecule has 1 rings (SSSR count). The molecule has 0 aromatic carbocycles. The lowest BCUT2D eigenvalue weighted by Crippen LogP contribution is -2.53. The number of hydrogen-bond donors (Lipinski definition) is 1. The van der Waals surface area contributed by atoms with Crippen LogP contribution in [0.2, 0.25) is 0 Å². The van der Waals surface area contributed by atoms with E-state index in [4.69, 9.17) is 0 Å². The van der Waals surface area contributed by atoms with Crippen molar-refractivity contribution in [1.82, 2.24) is 9.84 Å². The predicted octanol–water partition coefficient (Wildman–Crippen LogP) is 1.22. The van der Waals surface area contributed by atoms with E-state index in [-0.39, 0.29) is 6.04 Å². The first-order chi connectivity index (χ1) is 6.74. The summed E-state index contributed by atoms with van der Waals surface area (Å²) in [5.74, 6) is 0. The van der Waals surface area contributed by atoms with Crippen LogP contribution in [-0.2, 0) is 10.0 Å². The van der Waals surface area contributed by atoms with Crippen LogP contribution in [0.15, 0.2) is 0 Å². The number of sulfonamides is 1. The van der Waals surface area contributed by atoms with Gasteiger partial charge in [-0.3, -0.25) is 0 Å². The van der Waals surface area contributed by atoms with Crippen LogP contribution in [0.3, 0.4) is 0 Å². The molecule has 1 atom stereocenters. The maximum atomic E-state index is 12.0. The molecule has 90 valence electrons. The van der Waals surface area contributed by atoms with E-state index in [1.165, 1.54) is 0 Å². The second-order valence-corrected chi connectivity index (χ2v) is 5.23. The molecular weight excluding hydrogens is 233 g/mol. The van der Waals surface area contributed by atoms with E-state index in [9.17, 15) is 21.6 Å². The topological polar surface area (TPSA) is 49.4 Å². The summed E-state index contributed by atoms with van der Waals surface area (Å²) in [6.45, 7) is 2.01. The third-order valence-electron chi connectivity index (χ3n) is 2.35. The maximum absolute atomic E-state index is 12.0. The van der Waals surface area contributed by atoms with E-state index >= 15 is 0 Å². The van der Waals surface area contributed by atoms with Crippen molar-refractivity contribution in [2.75, 3.05) is 6.54 Å². The van der Waals surface area contributed by atoms with Crippen LogP contribution < -0.4 is 4.83 Å². The van der Waals surface area contributed by atoms with E-state index in [2.05, 4.69) is 0 Å². The summed E-state index contributed by atoms with van der Waals surface area (Å²) in [7, 11) is -5.25. The minimum atomic E-state index is -5.25. The molecule has 0 radical (unpaired) electrons. The molecule has 1 heterocycles. The summed E-state index contributed by atoms with van der Waals surface area (Å²) in [5.41, 5.74) is -5.25. The van der Waals surface area contributed by atoms with Crippen LogP contribution >= 0.6 is 0 Å². The number of hydrazine groups is 1. The van der Waals surface area contributed by atoms with Gasteiger partial charge in [-0.15, -0.1) is 4.83 Å². The lowest BCUT2D eigenvalue weighted by molar-refractivity contribution is -0.0482. The number of nitrogens with zero attached hydrogens (tertiary/aromatic N) is 1. The molecule has 1 unspecified atom stereocenters. The summed E-state index contributed by atoms with van der Waals surface area (Å²) in [6.07, 6.45) is 2.30. The van der Waals surface area contributed by atoms with Crippen LogP contribution in [0.4, 0.5) is 13.2 Å². The molecular formula is C7H13F3N2O2S. The van der Waals surface area contributed by atoms with Crippen molar-refractivity contribution in [2.24, 2.45) is 0 Å². The largest absolute Gasteiger partial charge is 0.512 e. The van der Waals surface area contributed by atoms with Gasteiger partial charge in [-0.1, -0.05) is 6.42 Å². The standard InChI is InChI=1S/C7H13F3N2O2S/c1-6-4-2-3-5-12(6)11-15(13,14)7(8,9)10/h6,11H,2-5H2,1H3. The summed E-state index contributed by atoms with van der Waals surface area (Å²) in [5, 5.41) is 1.13. The first-order valence-corrected chi connectivity index (χ1v) is 6.08. The molecule has 4 nitrogen and oxygen atoms in total. The Bertz CT molecular complexity index is 315. The average molecular weight is 246 g/mol. The van der Waals surface area contributed by atoms with Gasteiger partial charge in [0.25, 0.3) is 0 Å². The monoisotopic (exact) mass is 246 g/mol. The van der Waals surface area contributed by atoms with Crippen LogP contribution in [0.25, 0.3) is 0 Å². The van der Waals surface area contributed by atoms with Crippen LogP contribution in [-0.4, -0.2) is 31.5 Å². The van der Waals surface area contributed by atoms with Gasteiger partial charge < -0.3 is 0 Å². The molecule has 0 aromatic rings. The first kappa shape index (κ1) is 12.7. The lowest BCUT2D eigenvalue weighted by Gasteiger charge is -2.33. The highest BCUT2D eigenvalue weighted by Crippen LogP contribution is 2.23. The molecule has 0 bridgehead atoms. The van der Waals surface area contributed by atoms with Crippen molar-refractivity contribution in [3.63, 3.8) is 0 Å². The van der Waals surface area contributed by atoms with E-state index < -0.39 is 15.5 Å². The van der Waals surface area contributed by atoms with Crippen molar-refractivity contribution in [3.05, 3.63) is 0 Å². The van der Waals surface area contributed by atoms with Gasteiger partial charge in [-0.05, 0) is 19.8 Å². The molecule has 1 saturated heterocycles. The molecule has 1 aliphatic rings. The highest BCUT2D eigenvalue weighted by Gasteiger charge is 2.47. The molecule has 1 N–H and O–H groups in total. The van der Waals surface area contributed by atoms with Crippen molar-refractivity contribution in [2.45, 2.75) is 37.7 Å². The van der Waals surface area contributed by atoms with Crippen LogP contribution in [0, 0.1) is 0 Å². The number of alkyl halides is 3. The van der Waals surface area contributed by atoms with Crippen LogP contribution in [0.1, 0.15) is 26.2 Å². The second-order valence-electron chi connectivity index (χ2n) is 3.58. The number of rotatable bonds is 2. The Morgan fingerprint density at radius 1 is 1.33 bits per heavy atom. The Kier molecular flexibility index (Phi) is 3.62. The van der Waals surface area contributed by atoms with Crippen LogP contribution in [0.5, 0.6) is 0 Å². The van der Waals surface area contributed by atoms with Gasteiger partial charge in [-0.2, -0.15) is 13.2 Å². The molecule has 1 fully saturated rings. The molecule has 0 spiro atoms. The average Bonchev–Trinajstić information content (AvgIpc) is 2.06. The zero-order valence-corrected chi connectivity index (χ0v) is 9.03. The normalized spacial score (nSPS) is 25.5. The Labute approximate surface area is 86.5 Å². The second kappa shape index (κ2) is 4.26. The van der Waals surface area contributed by atoms with Gasteiger partial charge in [0.1, 0.15) is 0 Å². The molecule has 15 heavy (non-hydrogen) atoms. The van der Waals surface area contributed by atoms with Gasteiger partial charge in [0.2, 0.25) is 0 Å². The fourth-order valence-electron chi connectivity index (χ4n) is 1.44. The minimum absolute atomic E-state index is 0.198. The Hall–Kier alpha value is -0.340. The van der Waals surface area contributed by atoms with Gasteiger partial charge in [-0.25, -0.2) is 13.4 Å². The van der Waals surface area contributed by atoms with Crippen molar-refractivity contribution < 1.29 is 21.6 Å². The fourth-order valence-corrected chi connectivity index (χ4v) is 2.12. The number of hydrogen-bond acceptors (Lipinski definition) is 3. The highest BCUT2D eigenvalue weighted by atomic mass is 32.2. The molecule has 0 amide bonds. The maximum Gasteiger partial charge on any atom is 0.512 e. The predicted molar refractivity (Wildman–Crippen MR) is 48.1 cm³/mol. The van der Waals surface area contributed by atoms with E-state index in [1.807, 2.05) is 0 Å². The van der Waals surface area contributed by atoms with E-state index in [1.54, 1.807) is 11.8 Å². The molecule has 0 aliphatic carbocycles. The van der Waals surface area contributed by atoms with Gasteiger partial charge in [0, 0.05) is 12.6 Å². The molecule has 1 aliphatic heterocycles. The zero-order valence-electron chi connectivity index (χ0n) is 8.21. The number of halogens is 3. The summed E-state index contributed by atoms with van der Waals surface area (Å²) in [6, 6.07) is -0.198. The summed E-state index contributed by atoms with van der Waals surface area (Å²) in [4.78, 5) is 1.57. The Morgan fingerprint density at radius 2 is 1.93 bits per heavy atom. The molecule has 8 heteroatoms. The summed E-state index contributed by atoms with van der Waals surface area (Å²) >= 11 is 0. The van der Waals surface area contributed by atoms with Gasteiger partial charge in [0.15, 0.2) is 0 Å². The third-order valence-corrected chi connectivity index (χ3v) is 3.43. The minimum Gasteiger partial charge on any atom is -0.228 e. The van der Waals surface area contributed by atoms with Gasteiger partial charge in [0.05, 0.1) is 0 Å². The quantitative estimate of drug-likeness (QED) is 0.797. The fraction of sp³-hybridized carbons (Fsp3) is 1.00. The zero-order chi connectivity index (χ0) is 11.7. The first-order valence-electron chi connectivity index (χ1n) is 4.59. The van der Waals surface area contributed by atoms with E-state index in [0.29, 0.717) is 19.4 Å². The smallest absolute Gasteiger partial charge is 0.228 e. The molecule has 0 saturated carbocycles. The van der Waals surface area contributed by atoms with E-state index in [0.717, 1.165) is 11.4 Å². The third kappa shape index (κ3) is 3.05. The van der Waals surface area contributed by atoms with Gasteiger partial charge >= 0.3 is 15.5 Å². The number of nitrogens with one attached hydrogen (secondary N) is 1.